The van der Waals surface area contributed by atoms with Gasteiger partial charge >= 0.3 is 0 Å². The van der Waals surface area contributed by atoms with Gasteiger partial charge in [0.15, 0.2) is 0 Å². The van der Waals surface area contributed by atoms with Gasteiger partial charge in [-0.15, -0.1) is 0 Å². The van der Waals surface area contributed by atoms with E-state index in [4.69, 9.17) is 0 Å². The van der Waals surface area contributed by atoms with Gasteiger partial charge in [-0.05, 0) is 25.0 Å². The van der Waals surface area contributed by atoms with Crippen LogP contribution in [0.5, 0.6) is 0 Å². The molecule has 76 valence electrons. The molecule has 2 nitrogen and oxygen atoms in total. The number of pyridine rings is 1. The van der Waals surface area contributed by atoms with E-state index in [0.717, 1.165) is 0 Å². The van der Waals surface area contributed by atoms with Gasteiger partial charge in [0, 0.05) is 31.2 Å². The van der Waals surface area contributed by atoms with Crippen molar-refractivity contribution in [2.45, 2.75) is 32.1 Å². The molecular weight excluding hydrogens is 172 g/mol. The predicted molar refractivity (Wildman–Crippen MR) is 59.5 cm³/mol. The minimum Gasteiger partial charge on any atom is -0.371 e. The van der Waals surface area contributed by atoms with Gasteiger partial charge in [0.1, 0.15) is 0 Å². The number of hydrogen-bond donors (Lipinski definition) is 0. The highest BCUT2D eigenvalue weighted by molar-refractivity contribution is 5.44. The maximum absolute atomic E-state index is 4.06. The molecule has 14 heavy (non-hydrogen) atoms. The Balaban J connectivity index is 2.01. The summed E-state index contributed by atoms with van der Waals surface area (Å²) >= 11 is 0. The van der Waals surface area contributed by atoms with Gasteiger partial charge in [0.2, 0.25) is 0 Å². The molecule has 0 atom stereocenters. The first kappa shape index (κ1) is 9.50. The van der Waals surface area contributed by atoms with Crippen LogP contribution in [0, 0.1) is 0 Å². The van der Waals surface area contributed by atoms with E-state index in [9.17, 15) is 0 Å². The fourth-order valence-electron chi connectivity index (χ4n) is 2.06. The summed E-state index contributed by atoms with van der Waals surface area (Å²) in [6.45, 7) is 2.42. The minimum atomic E-state index is 1.21. The molecule has 1 aromatic rings. The molecule has 0 radical (unpaired) electrons. The summed E-state index contributed by atoms with van der Waals surface area (Å²) in [6, 6.07) is 4.23. The standard InChI is InChI=1S/C12H18N2/c1-2-4-10-14(11-5-3-1)12-6-8-13-9-7-12/h6-9H,1-5,10-11H2. The molecular formula is C12H18N2. The molecule has 1 aromatic heterocycles. The number of hydrogen-bond acceptors (Lipinski definition) is 2. The Morgan fingerprint density at radius 3 is 2.07 bits per heavy atom. The minimum absolute atomic E-state index is 1.21. The van der Waals surface area contributed by atoms with Crippen LogP contribution in [-0.4, -0.2) is 18.1 Å². The lowest BCUT2D eigenvalue weighted by Crippen LogP contribution is -2.26. The predicted octanol–water partition coefficient (Wildman–Crippen LogP) is 2.85. The summed E-state index contributed by atoms with van der Waals surface area (Å²) in [5.41, 5.74) is 1.34. The van der Waals surface area contributed by atoms with Crippen molar-refractivity contribution in [1.82, 2.24) is 4.98 Å². The lowest BCUT2D eigenvalue weighted by molar-refractivity contribution is 0.556. The summed E-state index contributed by atoms with van der Waals surface area (Å²) in [7, 11) is 0. The van der Waals surface area contributed by atoms with Gasteiger partial charge in [-0.2, -0.15) is 0 Å². The maximum Gasteiger partial charge on any atom is 0.0397 e. The van der Waals surface area contributed by atoms with Crippen molar-refractivity contribution in [3.8, 4) is 0 Å². The van der Waals surface area contributed by atoms with Gasteiger partial charge in [-0.1, -0.05) is 19.3 Å². The molecule has 0 amide bonds. The molecule has 2 heteroatoms. The van der Waals surface area contributed by atoms with E-state index in [1.54, 1.807) is 0 Å². The van der Waals surface area contributed by atoms with Gasteiger partial charge in [-0.3, -0.25) is 4.98 Å². The third-order valence-corrected chi connectivity index (χ3v) is 2.88. The lowest BCUT2D eigenvalue weighted by Gasteiger charge is -2.26. The average molecular weight is 190 g/mol. The Morgan fingerprint density at radius 1 is 0.857 bits per heavy atom. The highest BCUT2D eigenvalue weighted by Gasteiger charge is 2.07. The second-order valence-electron chi connectivity index (χ2n) is 3.96. The molecule has 0 spiro atoms. The first-order chi connectivity index (χ1) is 6.97. The van der Waals surface area contributed by atoms with Crippen LogP contribution < -0.4 is 4.90 Å². The zero-order valence-corrected chi connectivity index (χ0v) is 8.65. The molecule has 1 aliphatic rings. The second-order valence-corrected chi connectivity index (χ2v) is 3.96. The summed E-state index contributed by atoms with van der Waals surface area (Å²) in [4.78, 5) is 6.54. The Labute approximate surface area is 86.0 Å². The van der Waals surface area contributed by atoms with Crippen molar-refractivity contribution >= 4 is 5.69 Å². The first-order valence-corrected chi connectivity index (χ1v) is 5.62. The molecule has 0 aliphatic carbocycles. The number of rotatable bonds is 1. The Bertz CT molecular complexity index is 250. The highest BCUT2D eigenvalue weighted by Crippen LogP contribution is 2.17. The lowest BCUT2D eigenvalue weighted by atomic mass is 10.1. The SMILES string of the molecule is c1cc(N2CCCCCCC2)ccn1. The molecule has 1 aliphatic heterocycles. The molecule has 0 bridgehead atoms. The van der Waals surface area contributed by atoms with E-state index in [0.29, 0.717) is 0 Å². The Morgan fingerprint density at radius 2 is 1.43 bits per heavy atom. The van der Waals surface area contributed by atoms with Crippen LogP contribution in [0.25, 0.3) is 0 Å². The topological polar surface area (TPSA) is 16.1 Å². The third kappa shape index (κ3) is 2.47. The van der Waals surface area contributed by atoms with Crippen LogP contribution in [0.4, 0.5) is 5.69 Å². The van der Waals surface area contributed by atoms with Gasteiger partial charge in [0.25, 0.3) is 0 Å². The van der Waals surface area contributed by atoms with E-state index >= 15 is 0 Å². The molecule has 2 heterocycles. The monoisotopic (exact) mass is 190 g/mol. The number of aromatic nitrogens is 1. The number of anilines is 1. The van der Waals surface area contributed by atoms with Crippen molar-refractivity contribution in [3.05, 3.63) is 24.5 Å². The fourth-order valence-corrected chi connectivity index (χ4v) is 2.06. The van der Waals surface area contributed by atoms with Crippen molar-refractivity contribution in [2.24, 2.45) is 0 Å². The maximum atomic E-state index is 4.06. The van der Waals surface area contributed by atoms with Crippen molar-refractivity contribution < 1.29 is 0 Å². The first-order valence-electron chi connectivity index (χ1n) is 5.62. The number of nitrogens with zero attached hydrogens (tertiary/aromatic N) is 2. The van der Waals surface area contributed by atoms with E-state index in [1.807, 2.05) is 12.4 Å². The van der Waals surface area contributed by atoms with Crippen LogP contribution in [-0.2, 0) is 0 Å². The van der Waals surface area contributed by atoms with E-state index in [-0.39, 0.29) is 0 Å². The van der Waals surface area contributed by atoms with Crippen LogP contribution in [0.2, 0.25) is 0 Å². The van der Waals surface area contributed by atoms with E-state index < -0.39 is 0 Å². The van der Waals surface area contributed by atoms with Crippen LogP contribution in [0.1, 0.15) is 32.1 Å². The molecule has 0 unspecified atom stereocenters. The average Bonchev–Trinajstić information content (AvgIpc) is 2.18. The van der Waals surface area contributed by atoms with Gasteiger partial charge in [-0.25, -0.2) is 0 Å². The molecule has 0 saturated carbocycles. The normalized spacial score (nSPS) is 18.7. The van der Waals surface area contributed by atoms with Crippen molar-refractivity contribution in [1.29, 1.82) is 0 Å². The Kier molecular flexibility index (Phi) is 3.39. The summed E-state index contributed by atoms with van der Waals surface area (Å²) in [5.74, 6) is 0. The van der Waals surface area contributed by atoms with Crippen LogP contribution in [0.3, 0.4) is 0 Å². The zero-order valence-electron chi connectivity index (χ0n) is 8.65. The summed E-state index contributed by atoms with van der Waals surface area (Å²) in [6.07, 6.45) is 10.6. The smallest absolute Gasteiger partial charge is 0.0397 e. The van der Waals surface area contributed by atoms with Crippen molar-refractivity contribution in [3.63, 3.8) is 0 Å². The fraction of sp³-hybridized carbons (Fsp3) is 0.583. The molecule has 1 fully saturated rings. The molecule has 2 rings (SSSR count). The summed E-state index contributed by atoms with van der Waals surface area (Å²) < 4.78 is 0. The largest absolute Gasteiger partial charge is 0.371 e. The quantitative estimate of drug-likeness (QED) is 0.677. The highest BCUT2D eigenvalue weighted by atomic mass is 15.1. The zero-order chi connectivity index (χ0) is 9.64. The van der Waals surface area contributed by atoms with Crippen LogP contribution >= 0.6 is 0 Å². The van der Waals surface area contributed by atoms with E-state index in [2.05, 4.69) is 22.0 Å². The molecule has 1 saturated heterocycles. The van der Waals surface area contributed by atoms with Gasteiger partial charge < -0.3 is 4.90 Å². The van der Waals surface area contributed by atoms with Gasteiger partial charge in [0.05, 0.1) is 0 Å². The summed E-state index contributed by atoms with van der Waals surface area (Å²) in [5, 5.41) is 0. The van der Waals surface area contributed by atoms with E-state index in [1.165, 1.54) is 50.9 Å². The second kappa shape index (κ2) is 4.99. The molecule has 0 N–H and O–H groups in total. The Hall–Kier alpha value is -1.05. The molecule has 0 aromatic carbocycles. The van der Waals surface area contributed by atoms with Crippen LogP contribution in [0.15, 0.2) is 24.5 Å². The third-order valence-electron chi connectivity index (χ3n) is 2.88. The van der Waals surface area contributed by atoms with Crippen molar-refractivity contribution in [2.75, 3.05) is 18.0 Å².